The summed E-state index contributed by atoms with van der Waals surface area (Å²) < 4.78 is 5.39. The van der Waals surface area contributed by atoms with Gasteiger partial charge in [0.05, 0.1) is 13.5 Å². The van der Waals surface area contributed by atoms with Crippen molar-refractivity contribution in [1.82, 2.24) is 4.90 Å². The van der Waals surface area contributed by atoms with Gasteiger partial charge < -0.3 is 15.4 Å². The second kappa shape index (κ2) is 9.45. The SMILES string of the molecule is COc1cc(CN(C)C(=O)Cc2ccc(N)cc2)ccc1SC.Cl. The van der Waals surface area contributed by atoms with E-state index in [2.05, 4.69) is 0 Å². The summed E-state index contributed by atoms with van der Waals surface area (Å²) in [5.41, 5.74) is 8.38. The van der Waals surface area contributed by atoms with Gasteiger partial charge in [0.1, 0.15) is 5.75 Å². The second-order valence-corrected chi connectivity index (χ2v) is 6.21. The van der Waals surface area contributed by atoms with Crippen LogP contribution in [-0.2, 0) is 17.8 Å². The molecule has 0 aliphatic carbocycles. The van der Waals surface area contributed by atoms with E-state index in [-0.39, 0.29) is 18.3 Å². The minimum Gasteiger partial charge on any atom is -0.496 e. The summed E-state index contributed by atoms with van der Waals surface area (Å²) in [6.45, 7) is 0.554. The lowest BCUT2D eigenvalue weighted by Crippen LogP contribution is -2.27. The Morgan fingerprint density at radius 2 is 1.79 bits per heavy atom. The van der Waals surface area contributed by atoms with E-state index in [4.69, 9.17) is 10.5 Å². The molecule has 0 fully saturated rings. The van der Waals surface area contributed by atoms with E-state index in [1.807, 2.05) is 55.8 Å². The molecule has 0 saturated carbocycles. The summed E-state index contributed by atoms with van der Waals surface area (Å²) >= 11 is 1.64. The smallest absolute Gasteiger partial charge is 0.227 e. The lowest BCUT2D eigenvalue weighted by Gasteiger charge is -2.18. The summed E-state index contributed by atoms with van der Waals surface area (Å²) in [5.74, 6) is 0.914. The van der Waals surface area contributed by atoms with Crippen LogP contribution in [0.4, 0.5) is 5.69 Å². The zero-order chi connectivity index (χ0) is 16.8. The standard InChI is InChI=1S/C18H22N2O2S.ClH/c1-20(18(21)11-13-4-7-15(19)8-5-13)12-14-6-9-17(23-3)16(10-14)22-2;/h4-10H,11-12,19H2,1-3H3;1H. The van der Waals surface area contributed by atoms with Crippen LogP contribution in [0.2, 0.25) is 0 Å². The highest BCUT2D eigenvalue weighted by atomic mass is 35.5. The molecule has 2 aromatic rings. The Bertz CT molecular complexity index is 677. The van der Waals surface area contributed by atoms with E-state index in [1.165, 1.54) is 0 Å². The molecule has 0 radical (unpaired) electrons. The molecule has 0 aliphatic rings. The van der Waals surface area contributed by atoms with Crippen molar-refractivity contribution in [3.63, 3.8) is 0 Å². The van der Waals surface area contributed by atoms with E-state index in [1.54, 1.807) is 23.8 Å². The Hall–Kier alpha value is -1.85. The van der Waals surface area contributed by atoms with Crippen molar-refractivity contribution in [2.24, 2.45) is 0 Å². The Morgan fingerprint density at radius 3 is 2.38 bits per heavy atom. The third kappa shape index (κ3) is 5.35. The number of nitrogen functional groups attached to an aromatic ring is 1. The fourth-order valence-electron chi connectivity index (χ4n) is 2.29. The molecule has 1 amide bonds. The van der Waals surface area contributed by atoms with Crippen molar-refractivity contribution in [2.75, 3.05) is 26.1 Å². The minimum absolute atomic E-state index is 0. The van der Waals surface area contributed by atoms with Gasteiger partial charge in [-0.3, -0.25) is 4.79 Å². The minimum atomic E-state index is 0. The number of carbonyl (C=O) groups is 1. The predicted molar refractivity (Wildman–Crippen MR) is 103 cm³/mol. The molecule has 0 spiro atoms. The number of thioether (sulfide) groups is 1. The van der Waals surface area contributed by atoms with Crippen molar-refractivity contribution in [3.8, 4) is 5.75 Å². The topological polar surface area (TPSA) is 55.6 Å². The van der Waals surface area contributed by atoms with Gasteiger partial charge in [-0.15, -0.1) is 24.2 Å². The molecule has 6 heteroatoms. The largest absolute Gasteiger partial charge is 0.496 e. The van der Waals surface area contributed by atoms with Crippen LogP contribution in [0, 0.1) is 0 Å². The maximum absolute atomic E-state index is 12.3. The molecule has 2 rings (SSSR count). The molecule has 0 aromatic heterocycles. The first-order valence-corrected chi connectivity index (χ1v) is 8.55. The van der Waals surface area contributed by atoms with E-state index >= 15 is 0 Å². The van der Waals surface area contributed by atoms with Crippen LogP contribution in [0.25, 0.3) is 0 Å². The van der Waals surface area contributed by atoms with Gasteiger partial charge in [-0.25, -0.2) is 0 Å². The summed E-state index contributed by atoms with van der Waals surface area (Å²) in [5, 5.41) is 0. The molecule has 4 nitrogen and oxygen atoms in total. The lowest BCUT2D eigenvalue weighted by molar-refractivity contribution is -0.129. The molecule has 0 bridgehead atoms. The van der Waals surface area contributed by atoms with Crippen LogP contribution in [0.3, 0.4) is 0 Å². The quantitative estimate of drug-likeness (QED) is 0.626. The van der Waals surface area contributed by atoms with Crippen molar-refractivity contribution in [3.05, 3.63) is 53.6 Å². The van der Waals surface area contributed by atoms with Gasteiger partial charge in [0.25, 0.3) is 0 Å². The fourth-order valence-corrected chi connectivity index (χ4v) is 2.83. The number of hydrogen-bond donors (Lipinski definition) is 1. The molecule has 2 aromatic carbocycles. The van der Waals surface area contributed by atoms with Crippen LogP contribution in [-0.4, -0.2) is 31.2 Å². The number of rotatable bonds is 6. The number of amides is 1. The fraction of sp³-hybridized carbons (Fsp3) is 0.278. The van der Waals surface area contributed by atoms with Gasteiger partial charge in [-0.05, 0) is 41.6 Å². The Labute approximate surface area is 153 Å². The number of nitrogens with two attached hydrogens (primary N) is 1. The molecular weight excluding hydrogens is 344 g/mol. The maximum Gasteiger partial charge on any atom is 0.227 e. The van der Waals surface area contributed by atoms with Crippen LogP contribution in [0.5, 0.6) is 5.75 Å². The van der Waals surface area contributed by atoms with Crippen molar-refractivity contribution < 1.29 is 9.53 Å². The van der Waals surface area contributed by atoms with E-state index in [0.29, 0.717) is 18.7 Å². The third-order valence-corrected chi connectivity index (χ3v) is 4.41. The van der Waals surface area contributed by atoms with Gasteiger partial charge in [0.2, 0.25) is 5.91 Å². The Balaban J connectivity index is 0.00000288. The number of methoxy groups -OCH3 is 1. The molecule has 130 valence electrons. The molecule has 0 saturated heterocycles. The Kier molecular flexibility index (Phi) is 7.95. The first-order chi connectivity index (χ1) is 11.0. The number of hydrogen-bond acceptors (Lipinski definition) is 4. The van der Waals surface area contributed by atoms with E-state index in [9.17, 15) is 4.79 Å². The highest BCUT2D eigenvalue weighted by Gasteiger charge is 2.11. The highest BCUT2D eigenvalue weighted by molar-refractivity contribution is 7.98. The third-order valence-electron chi connectivity index (χ3n) is 3.63. The number of likely N-dealkylation sites (N-methyl/N-ethyl adjacent to an activating group) is 1. The average Bonchev–Trinajstić information content (AvgIpc) is 2.56. The maximum atomic E-state index is 12.3. The zero-order valence-corrected chi connectivity index (χ0v) is 15.7. The number of carbonyl (C=O) groups excluding carboxylic acids is 1. The van der Waals surface area contributed by atoms with E-state index in [0.717, 1.165) is 21.8 Å². The van der Waals surface area contributed by atoms with Gasteiger partial charge in [-0.1, -0.05) is 18.2 Å². The number of ether oxygens (including phenoxy) is 1. The van der Waals surface area contributed by atoms with E-state index < -0.39 is 0 Å². The first-order valence-electron chi connectivity index (χ1n) is 7.32. The normalized spacial score (nSPS) is 9.96. The lowest BCUT2D eigenvalue weighted by atomic mass is 10.1. The molecule has 0 atom stereocenters. The number of nitrogens with zero attached hydrogens (tertiary/aromatic N) is 1. The van der Waals surface area contributed by atoms with Crippen molar-refractivity contribution in [1.29, 1.82) is 0 Å². The number of benzene rings is 2. The predicted octanol–water partition coefficient (Wildman–Crippen LogP) is 3.62. The summed E-state index contributed by atoms with van der Waals surface area (Å²) in [6, 6.07) is 13.4. The monoisotopic (exact) mass is 366 g/mol. The Morgan fingerprint density at radius 1 is 1.17 bits per heavy atom. The number of anilines is 1. The average molecular weight is 367 g/mol. The zero-order valence-electron chi connectivity index (χ0n) is 14.1. The summed E-state index contributed by atoms with van der Waals surface area (Å²) in [6.07, 6.45) is 2.39. The van der Waals surface area contributed by atoms with Gasteiger partial charge in [0.15, 0.2) is 0 Å². The molecule has 2 N–H and O–H groups in total. The van der Waals surface area contributed by atoms with Crippen LogP contribution < -0.4 is 10.5 Å². The van der Waals surface area contributed by atoms with Gasteiger partial charge in [-0.2, -0.15) is 0 Å². The van der Waals surface area contributed by atoms with Crippen LogP contribution >= 0.6 is 24.2 Å². The molecule has 0 heterocycles. The van der Waals surface area contributed by atoms with Crippen molar-refractivity contribution in [2.45, 2.75) is 17.9 Å². The molecule has 0 aliphatic heterocycles. The highest BCUT2D eigenvalue weighted by Crippen LogP contribution is 2.28. The van der Waals surface area contributed by atoms with Crippen LogP contribution in [0.15, 0.2) is 47.4 Å². The summed E-state index contributed by atoms with van der Waals surface area (Å²) in [7, 11) is 3.48. The second-order valence-electron chi connectivity index (χ2n) is 5.36. The molecule has 24 heavy (non-hydrogen) atoms. The van der Waals surface area contributed by atoms with Crippen LogP contribution in [0.1, 0.15) is 11.1 Å². The van der Waals surface area contributed by atoms with Gasteiger partial charge >= 0.3 is 0 Å². The molecular formula is C18H23ClN2O2S. The first kappa shape index (κ1) is 20.2. The van der Waals surface area contributed by atoms with Crippen molar-refractivity contribution >= 4 is 35.8 Å². The summed E-state index contributed by atoms with van der Waals surface area (Å²) in [4.78, 5) is 15.2. The molecule has 0 unspecified atom stereocenters. The number of halogens is 1. The van der Waals surface area contributed by atoms with Gasteiger partial charge in [0, 0.05) is 24.2 Å².